The number of hydrogen-bond donors (Lipinski definition) is 3. The van der Waals surface area contributed by atoms with Gasteiger partial charge in [0.15, 0.2) is 5.69 Å². The van der Waals surface area contributed by atoms with Crippen LogP contribution in [0.25, 0.3) is 0 Å². The van der Waals surface area contributed by atoms with Crippen molar-refractivity contribution >= 4 is 12.1 Å². The summed E-state index contributed by atoms with van der Waals surface area (Å²) in [6.45, 7) is 4.86. The SMILES string of the molecule is COC(=O)c1c(C(O)C(O)CNC(=O)OC(C)(C)C)cnn1C. The number of rotatable bonds is 5. The number of carbonyl (C=O) groups is 2. The maximum Gasteiger partial charge on any atom is 0.407 e. The molecule has 0 aliphatic carbocycles. The zero-order chi connectivity index (χ0) is 17.8. The van der Waals surface area contributed by atoms with E-state index in [-0.39, 0.29) is 17.8 Å². The van der Waals surface area contributed by atoms with Crippen LogP contribution in [-0.4, -0.2) is 57.4 Å². The smallest absolute Gasteiger partial charge is 0.407 e. The number of methoxy groups -OCH3 is 1. The number of hydrogen-bond acceptors (Lipinski definition) is 7. The Labute approximate surface area is 134 Å². The molecule has 0 saturated carbocycles. The van der Waals surface area contributed by atoms with E-state index < -0.39 is 29.9 Å². The molecule has 0 saturated heterocycles. The van der Waals surface area contributed by atoms with Crippen LogP contribution >= 0.6 is 0 Å². The van der Waals surface area contributed by atoms with Crippen LogP contribution in [0.2, 0.25) is 0 Å². The lowest BCUT2D eigenvalue weighted by molar-refractivity contribution is 0.0118. The van der Waals surface area contributed by atoms with E-state index in [1.807, 2.05) is 0 Å². The van der Waals surface area contributed by atoms with Crippen molar-refractivity contribution in [1.82, 2.24) is 15.1 Å². The maximum absolute atomic E-state index is 11.7. The van der Waals surface area contributed by atoms with Gasteiger partial charge in [0.1, 0.15) is 17.8 Å². The molecule has 0 aromatic carbocycles. The standard InChI is InChI=1S/C14H23N3O6/c1-14(2,3)23-13(21)15-7-9(18)11(19)8-6-16-17(4)10(8)12(20)22-5/h6,9,11,18-19H,7H2,1-5H3,(H,15,21). The van der Waals surface area contributed by atoms with E-state index in [0.29, 0.717) is 0 Å². The van der Waals surface area contributed by atoms with Crippen LogP contribution in [0.1, 0.15) is 42.9 Å². The van der Waals surface area contributed by atoms with Crippen molar-refractivity contribution < 1.29 is 29.3 Å². The average molecular weight is 329 g/mol. The fourth-order valence-electron chi connectivity index (χ4n) is 1.84. The van der Waals surface area contributed by atoms with Gasteiger partial charge in [-0.3, -0.25) is 4.68 Å². The van der Waals surface area contributed by atoms with Crippen LogP contribution < -0.4 is 5.32 Å². The summed E-state index contributed by atoms with van der Waals surface area (Å²) in [6.07, 6.45) is -2.24. The lowest BCUT2D eigenvalue weighted by Crippen LogP contribution is -2.39. The molecular formula is C14H23N3O6. The predicted octanol–water partition coefficient (Wildman–Crippen LogP) is 0.126. The second-order valence-corrected chi connectivity index (χ2v) is 5.96. The first kappa shape index (κ1) is 18.9. The fourth-order valence-corrected chi connectivity index (χ4v) is 1.84. The summed E-state index contributed by atoms with van der Waals surface area (Å²) in [5.74, 6) is -0.689. The summed E-state index contributed by atoms with van der Waals surface area (Å²) in [6, 6.07) is 0. The highest BCUT2D eigenvalue weighted by molar-refractivity contribution is 5.89. The van der Waals surface area contributed by atoms with Gasteiger partial charge in [-0.05, 0) is 20.8 Å². The number of nitrogens with zero attached hydrogens (tertiary/aromatic N) is 2. The van der Waals surface area contributed by atoms with Crippen LogP contribution in [0.4, 0.5) is 4.79 Å². The van der Waals surface area contributed by atoms with Gasteiger partial charge in [-0.1, -0.05) is 0 Å². The summed E-state index contributed by atoms with van der Waals surface area (Å²) < 4.78 is 10.9. The second-order valence-electron chi connectivity index (χ2n) is 5.96. The highest BCUT2D eigenvalue weighted by Crippen LogP contribution is 2.21. The summed E-state index contributed by atoms with van der Waals surface area (Å²) in [7, 11) is 2.71. The molecule has 0 aliphatic rings. The van der Waals surface area contributed by atoms with Crippen molar-refractivity contribution in [2.45, 2.75) is 38.6 Å². The van der Waals surface area contributed by atoms with Gasteiger partial charge in [0.2, 0.25) is 0 Å². The van der Waals surface area contributed by atoms with E-state index in [1.165, 1.54) is 25.0 Å². The molecule has 0 fully saturated rings. The Morgan fingerprint density at radius 3 is 2.52 bits per heavy atom. The second kappa shape index (κ2) is 7.42. The van der Waals surface area contributed by atoms with Crippen molar-refractivity contribution in [3.05, 3.63) is 17.5 Å². The summed E-state index contributed by atoms with van der Waals surface area (Å²) in [5.41, 5.74) is -0.538. The lowest BCUT2D eigenvalue weighted by Gasteiger charge is -2.22. The molecule has 1 aromatic rings. The Morgan fingerprint density at radius 1 is 1.39 bits per heavy atom. The Morgan fingerprint density at radius 2 is 2.00 bits per heavy atom. The van der Waals surface area contributed by atoms with Gasteiger partial charge in [-0.15, -0.1) is 0 Å². The van der Waals surface area contributed by atoms with Gasteiger partial charge < -0.3 is 25.0 Å². The molecule has 0 aliphatic heterocycles. The van der Waals surface area contributed by atoms with Crippen molar-refractivity contribution in [3.63, 3.8) is 0 Å². The molecule has 9 heteroatoms. The minimum atomic E-state index is -1.42. The minimum Gasteiger partial charge on any atom is -0.464 e. The zero-order valence-electron chi connectivity index (χ0n) is 13.9. The van der Waals surface area contributed by atoms with Gasteiger partial charge >= 0.3 is 12.1 Å². The van der Waals surface area contributed by atoms with Crippen molar-refractivity contribution in [3.8, 4) is 0 Å². The molecule has 0 bridgehead atoms. The summed E-state index contributed by atoms with van der Waals surface area (Å²) >= 11 is 0. The Bertz CT molecular complexity index is 563. The van der Waals surface area contributed by atoms with Gasteiger partial charge in [-0.2, -0.15) is 5.10 Å². The number of aryl methyl sites for hydroxylation is 1. The van der Waals surface area contributed by atoms with E-state index >= 15 is 0 Å². The number of esters is 1. The van der Waals surface area contributed by atoms with Crippen molar-refractivity contribution in [2.24, 2.45) is 7.05 Å². The maximum atomic E-state index is 11.7. The number of aliphatic hydroxyl groups is 2. The van der Waals surface area contributed by atoms with Gasteiger partial charge in [0, 0.05) is 19.2 Å². The van der Waals surface area contributed by atoms with Crippen molar-refractivity contribution in [1.29, 1.82) is 0 Å². The zero-order valence-corrected chi connectivity index (χ0v) is 13.9. The minimum absolute atomic E-state index is 0.0244. The number of aromatic nitrogens is 2. The Hall–Kier alpha value is -2.13. The molecule has 1 rings (SSSR count). The van der Waals surface area contributed by atoms with Gasteiger partial charge in [-0.25, -0.2) is 9.59 Å². The lowest BCUT2D eigenvalue weighted by atomic mass is 10.0. The van der Waals surface area contributed by atoms with E-state index in [9.17, 15) is 19.8 Å². The molecule has 2 atom stereocenters. The van der Waals surface area contributed by atoms with Crippen LogP contribution in [0, 0.1) is 0 Å². The number of ether oxygens (including phenoxy) is 2. The van der Waals surface area contributed by atoms with Crippen LogP contribution in [0.15, 0.2) is 6.20 Å². The monoisotopic (exact) mass is 329 g/mol. The van der Waals surface area contributed by atoms with Crippen LogP contribution in [-0.2, 0) is 16.5 Å². The van der Waals surface area contributed by atoms with Crippen molar-refractivity contribution in [2.75, 3.05) is 13.7 Å². The average Bonchev–Trinajstić information content (AvgIpc) is 2.83. The van der Waals surface area contributed by atoms with Gasteiger partial charge in [0.05, 0.1) is 13.3 Å². The first-order valence-electron chi connectivity index (χ1n) is 7.00. The molecule has 0 radical (unpaired) electrons. The first-order valence-corrected chi connectivity index (χ1v) is 7.00. The molecule has 3 N–H and O–H groups in total. The molecular weight excluding hydrogens is 306 g/mol. The Balaban J connectivity index is 2.73. The molecule has 2 unspecified atom stereocenters. The molecule has 23 heavy (non-hydrogen) atoms. The van der Waals surface area contributed by atoms with E-state index in [0.717, 1.165) is 0 Å². The van der Waals surface area contributed by atoms with E-state index in [1.54, 1.807) is 20.8 Å². The third-order valence-corrected chi connectivity index (χ3v) is 2.88. The topological polar surface area (TPSA) is 123 Å². The number of alkyl carbamates (subject to hydrolysis) is 1. The third-order valence-electron chi connectivity index (χ3n) is 2.88. The number of carbonyl (C=O) groups excluding carboxylic acids is 2. The molecule has 9 nitrogen and oxygen atoms in total. The third kappa shape index (κ3) is 5.22. The number of nitrogens with one attached hydrogen (secondary N) is 1. The number of aliphatic hydroxyl groups excluding tert-OH is 2. The van der Waals surface area contributed by atoms with E-state index in [2.05, 4.69) is 15.2 Å². The predicted molar refractivity (Wildman–Crippen MR) is 79.8 cm³/mol. The molecule has 1 heterocycles. The molecule has 1 aromatic heterocycles. The first-order chi connectivity index (χ1) is 10.6. The molecule has 1 amide bonds. The highest BCUT2D eigenvalue weighted by atomic mass is 16.6. The quantitative estimate of drug-likeness (QED) is 0.656. The normalized spacial score (nSPS) is 14.0. The fraction of sp³-hybridized carbons (Fsp3) is 0.643. The van der Waals surface area contributed by atoms with E-state index in [4.69, 9.17) is 4.74 Å². The largest absolute Gasteiger partial charge is 0.464 e. The Kier molecular flexibility index (Phi) is 6.11. The molecule has 130 valence electrons. The molecule has 0 spiro atoms. The van der Waals surface area contributed by atoms with Gasteiger partial charge in [0.25, 0.3) is 0 Å². The number of amides is 1. The summed E-state index contributed by atoms with van der Waals surface area (Å²) in [4.78, 5) is 23.2. The van der Waals surface area contributed by atoms with Crippen LogP contribution in [0.3, 0.4) is 0 Å². The summed E-state index contributed by atoms with van der Waals surface area (Å²) in [5, 5.41) is 26.4. The highest BCUT2D eigenvalue weighted by Gasteiger charge is 2.28. The van der Waals surface area contributed by atoms with Crippen LogP contribution in [0.5, 0.6) is 0 Å².